The van der Waals surface area contributed by atoms with Gasteiger partial charge in [0.15, 0.2) is 6.54 Å². The standard InChI is InChI=1S/C16H20Cl2N3O2/c1-3-4-13-8-22-16(23-13,9-21-11-20(2)10-19-21)14-6-5-12(17)7-15(14)18/h5-7,10-11,13H,3-4,8-9H2,1-2H3/q+1/t13-,16-/m0/s1. The van der Waals surface area contributed by atoms with Crippen molar-refractivity contribution in [3.63, 3.8) is 0 Å². The molecule has 7 heteroatoms. The van der Waals surface area contributed by atoms with Crippen molar-refractivity contribution in [3.05, 3.63) is 46.5 Å². The van der Waals surface area contributed by atoms with E-state index in [2.05, 4.69) is 12.0 Å². The van der Waals surface area contributed by atoms with Gasteiger partial charge in [0.1, 0.15) is 0 Å². The summed E-state index contributed by atoms with van der Waals surface area (Å²) in [6.07, 6.45) is 5.65. The molecule has 1 aliphatic heterocycles. The van der Waals surface area contributed by atoms with E-state index < -0.39 is 5.79 Å². The van der Waals surface area contributed by atoms with Gasteiger partial charge in [-0.05, 0) is 18.6 Å². The van der Waals surface area contributed by atoms with Crippen LogP contribution in [0.25, 0.3) is 0 Å². The first-order chi connectivity index (χ1) is 11.0. The van der Waals surface area contributed by atoms with Gasteiger partial charge in [0, 0.05) is 15.7 Å². The van der Waals surface area contributed by atoms with E-state index >= 15 is 0 Å². The number of benzene rings is 1. The lowest BCUT2D eigenvalue weighted by Gasteiger charge is -2.27. The lowest BCUT2D eigenvalue weighted by molar-refractivity contribution is -0.672. The Labute approximate surface area is 145 Å². The average molecular weight is 357 g/mol. The molecule has 1 aromatic carbocycles. The number of ether oxygens (including phenoxy) is 2. The Kier molecular flexibility index (Phi) is 4.92. The number of aromatic nitrogens is 3. The van der Waals surface area contributed by atoms with E-state index in [-0.39, 0.29) is 6.10 Å². The van der Waals surface area contributed by atoms with Crippen LogP contribution in [-0.2, 0) is 28.9 Å². The van der Waals surface area contributed by atoms with E-state index in [9.17, 15) is 0 Å². The fraction of sp³-hybridized carbons (Fsp3) is 0.500. The van der Waals surface area contributed by atoms with Crippen molar-refractivity contribution in [3.8, 4) is 0 Å². The van der Waals surface area contributed by atoms with Gasteiger partial charge >= 0.3 is 0 Å². The predicted molar refractivity (Wildman–Crippen MR) is 87.3 cm³/mol. The Morgan fingerprint density at radius 2 is 2.26 bits per heavy atom. The fourth-order valence-electron chi connectivity index (χ4n) is 2.85. The van der Waals surface area contributed by atoms with Gasteiger partial charge in [-0.25, -0.2) is 4.57 Å². The summed E-state index contributed by atoms with van der Waals surface area (Å²) in [5.74, 6) is -0.944. The first kappa shape index (κ1) is 16.7. The molecule has 124 valence electrons. The second-order valence-corrected chi connectivity index (χ2v) is 6.67. The van der Waals surface area contributed by atoms with Gasteiger partial charge in [-0.3, -0.25) is 0 Å². The lowest BCUT2D eigenvalue weighted by atomic mass is 10.1. The Hall–Kier alpha value is -1.14. The highest BCUT2D eigenvalue weighted by Gasteiger charge is 2.46. The predicted octanol–water partition coefficient (Wildman–Crippen LogP) is 3.08. The summed E-state index contributed by atoms with van der Waals surface area (Å²) in [7, 11) is 1.92. The molecule has 1 aliphatic rings. The molecule has 3 rings (SSSR count). The fourth-order valence-corrected chi connectivity index (χ4v) is 3.40. The minimum Gasteiger partial charge on any atom is -0.341 e. The Bertz CT molecular complexity index is 692. The zero-order chi connectivity index (χ0) is 16.4. The van der Waals surface area contributed by atoms with E-state index in [0.29, 0.717) is 23.2 Å². The molecule has 5 nitrogen and oxygen atoms in total. The minimum absolute atomic E-state index is 0.0519. The van der Waals surface area contributed by atoms with Gasteiger partial charge in [-0.2, -0.15) is 0 Å². The van der Waals surface area contributed by atoms with Crippen LogP contribution < -0.4 is 4.57 Å². The van der Waals surface area contributed by atoms with Crippen LogP contribution in [0.3, 0.4) is 0 Å². The maximum absolute atomic E-state index is 6.42. The molecule has 2 atom stereocenters. The molecule has 0 amide bonds. The van der Waals surface area contributed by atoms with Crippen LogP contribution in [0.2, 0.25) is 10.0 Å². The molecule has 0 bridgehead atoms. The van der Waals surface area contributed by atoms with Crippen LogP contribution in [0.5, 0.6) is 0 Å². The van der Waals surface area contributed by atoms with E-state index in [1.807, 2.05) is 24.0 Å². The summed E-state index contributed by atoms with van der Waals surface area (Å²) < 4.78 is 16.1. The molecular formula is C16H20Cl2N3O2+. The van der Waals surface area contributed by atoms with Crippen molar-refractivity contribution in [2.24, 2.45) is 7.05 Å². The number of hydrogen-bond acceptors (Lipinski definition) is 3. The highest BCUT2D eigenvalue weighted by atomic mass is 35.5. The smallest absolute Gasteiger partial charge is 0.264 e. The Morgan fingerprint density at radius 1 is 1.43 bits per heavy atom. The largest absolute Gasteiger partial charge is 0.341 e. The zero-order valence-corrected chi connectivity index (χ0v) is 14.7. The normalized spacial score (nSPS) is 24.3. The van der Waals surface area contributed by atoms with Gasteiger partial charge in [0.05, 0.1) is 24.8 Å². The monoisotopic (exact) mass is 356 g/mol. The third kappa shape index (κ3) is 3.53. The van der Waals surface area contributed by atoms with Crippen LogP contribution in [0, 0.1) is 0 Å². The lowest BCUT2D eigenvalue weighted by Crippen LogP contribution is -2.35. The van der Waals surface area contributed by atoms with Crippen molar-refractivity contribution < 1.29 is 14.0 Å². The van der Waals surface area contributed by atoms with E-state index in [1.165, 1.54) is 0 Å². The van der Waals surface area contributed by atoms with Gasteiger partial charge in [0.25, 0.3) is 6.33 Å². The SMILES string of the molecule is CCC[C@H]1CO[C@](Cn2c[n+](C)cn2)(c2ccc(Cl)cc2Cl)O1. The van der Waals surface area contributed by atoms with Gasteiger partial charge in [-0.15, -0.1) is 4.68 Å². The number of halogens is 2. The highest BCUT2D eigenvalue weighted by Crippen LogP contribution is 2.41. The molecule has 1 fully saturated rings. The third-order valence-electron chi connectivity index (χ3n) is 3.88. The summed E-state index contributed by atoms with van der Waals surface area (Å²) in [5, 5.41) is 5.44. The number of nitrogens with zero attached hydrogens (tertiary/aromatic N) is 3. The number of rotatable bonds is 5. The van der Waals surface area contributed by atoms with Crippen LogP contribution >= 0.6 is 23.2 Å². The Morgan fingerprint density at radius 3 is 2.91 bits per heavy atom. The second kappa shape index (κ2) is 6.77. The van der Waals surface area contributed by atoms with E-state index in [0.717, 1.165) is 18.4 Å². The molecule has 0 saturated carbocycles. The van der Waals surface area contributed by atoms with Crippen LogP contribution in [0.4, 0.5) is 0 Å². The van der Waals surface area contributed by atoms with Gasteiger partial charge in [0.2, 0.25) is 12.1 Å². The maximum atomic E-state index is 6.42. The summed E-state index contributed by atoms with van der Waals surface area (Å²) in [6, 6.07) is 5.37. The van der Waals surface area contributed by atoms with Crippen LogP contribution in [0.1, 0.15) is 25.3 Å². The van der Waals surface area contributed by atoms with Crippen LogP contribution in [-0.4, -0.2) is 22.5 Å². The molecule has 0 aliphatic carbocycles. The van der Waals surface area contributed by atoms with Crippen molar-refractivity contribution >= 4 is 23.2 Å². The average Bonchev–Trinajstić information content (AvgIpc) is 3.07. The van der Waals surface area contributed by atoms with Crippen molar-refractivity contribution in [2.45, 2.75) is 38.2 Å². The molecule has 1 aromatic heterocycles. The zero-order valence-electron chi connectivity index (χ0n) is 13.2. The van der Waals surface area contributed by atoms with Gasteiger partial charge in [-0.1, -0.05) is 42.6 Å². The molecule has 23 heavy (non-hydrogen) atoms. The van der Waals surface area contributed by atoms with Crippen LogP contribution in [0.15, 0.2) is 30.9 Å². The van der Waals surface area contributed by atoms with Crippen molar-refractivity contribution in [1.29, 1.82) is 0 Å². The number of aryl methyl sites for hydroxylation is 1. The molecule has 0 unspecified atom stereocenters. The molecule has 1 saturated heterocycles. The summed E-state index contributed by atoms with van der Waals surface area (Å²) >= 11 is 12.4. The molecule has 0 spiro atoms. The molecule has 2 aromatic rings. The molecule has 0 radical (unpaired) electrons. The number of hydrogen-bond donors (Lipinski definition) is 0. The quantitative estimate of drug-likeness (QED) is 0.773. The molecule has 2 heterocycles. The van der Waals surface area contributed by atoms with Crippen molar-refractivity contribution in [1.82, 2.24) is 9.78 Å². The molecule has 0 N–H and O–H groups in total. The summed E-state index contributed by atoms with van der Waals surface area (Å²) in [4.78, 5) is 0. The first-order valence-corrected chi connectivity index (χ1v) is 8.43. The van der Waals surface area contributed by atoms with E-state index in [4.69, 9.17) is 32.7 Å². The summed E-state index contributed by atoms with van der Waals surface area (Å²) in [6.45, 7) is 3.10. The van der Waals surface area contributed by atoms with Crippen molar-refractivity contribution in [2.75, 3.05) is 6.61 Å². The Balaban J connectivity index is 1.96. The maximum Gasteiger partial charge on any atom is 0.264 e. The second-order valence-electron chi connectivity index (χ2n) is 5.83. The third-order valence-corrected chi connectivity index (χ3v) is 4.43. The highest BCUT2D eigenvalue weighted by molar-refractivity contribution is 6.35. The first-order valence-electron chi connectivity index (χ1n) is 7.67. The van der Waals surface area contributed by atoms with Gasteiger partial charge < -0.3 is 9.47 Å². The topological polar surface area (TPSA) is 40.2 Å². The summed E-state index contributed by atoms with van der Waals surface area (Å²) in [5.41, 5.74) is 0.778. The van der Waals surface area contributed by atoms with E-state index in [1.54, 1.807) is 23.1 Å². The molecular weight excluding hydrogens is 337 g/mol. The minimum atomic E-state index is -0.944.